The first-order valence-corrected chi connectivity index (χ1v) is 5.48. The van der Waals surface area contributed by atoms with Crippen molar-refractivity contribution in [1.82, 2.24) is 4.98 Å². The van der Waals surface area contributed by atoms with E-state index in [0.717, 1.165) is 11.1 Å². The molecule has 1 aromatic heterocycles. The van der Waals surface area contributed by atoms with Gasteiger partial charge in [-0.25, -0.2) is 9.78 Å². The molecule has 0 atom stereocenters. The molecule has 0 saturated heterocycles. The quantitative estimate of drug-likeness (QED) is 0.777. The third kappa shape index (κ3) is 2.66. The zero-order chi connectivity index (χ0) is 13.0. The lowest BCUT2D eigenvalue weighted by molar-refractivity contribution is 0.0594. The van der Waals surface area contributed by atoms with Crippen molar-refractivity contribution in [3.8, 4) is 0 Å². The van der Waals surface area contributed by atoms with Crippen LogP contribution in [0, 0.1) is 0 Å². The summed E-state index contributed by atoms with van der Waals surface area (Å²) in [7, 11) is 1.31. The lowest BCUT2D eigenvalue weighted by Crippen LogP contribution is -2.01. The molecule has 0 spiro atoms. The summed E-state index contributed by atoms with van der Waals surface area (Å²) in [5, 5.41) is 0. The van der Waals surface area contributed by atoms with Gasteiger partial charge in [-0.1, -0.05) is 30.3 Å². The smallest absolute Gasteiger partial charge is 0.360 e. The average Bonchev–Trinajstić information content (AvgIpc) is 2.88. The molecule has 0 radical (unpaired) electrons. The maximum atomic E-state index is 11.2. The van der Waals surface area contributed by atoms with Crippen molar-refractivity contribution in [3.05, 3.63) is 53.7 Å². The molecule has 2 rings (SSSR count). The number of hydrogen-bond donors (Lipinski definition) is 0. The van der Waals surface area contributed by atoms with Crippen LogP contribution in [0.15, 0.2) is 41.0 Å². The molecule has 0 aliphatic heterocycles. The molecule has 0 unspecified atom stereocenters. The summed E-state index contributed by atoms with van der Waals surface area (Å²) >= 11 is 0. The van der Waals surface area contributed by atoms with Crippen LogP contribution in [-0.2, 0) is 4.74 Å². The standard InChI is InChI=1S/C14H13NO3/c1-10(8-11-6-4-3-5-7-11)13-15-12(9-18-13)14(16)17-2/h3-9H,1-2H3/b10-8+. The Morgan fingerprint density at radius 2 is 2.06 bits per heavy atom. The molecule has 1 heterocycles. The molecule has 92 valence electrons. The summed E-state index contributed by atoms with van der Waals surface area (Å²) in [5.74, 6) is -0.0863. The molecule has 0 amide bonds. The number of methoxy groups -OCH3 is 1. The molecule has 0 N–H and O–H groups in total. The van der Waals surface area contributed by atoms with Gasteiger partial charge in [-0.2, -0.15) is 0 Å². The molecule has 18 heavy (non-hydrogen) atoms. The molecule has 0 saturated carbocycles. The van der Waals surface area contributed by atoms with Crippen molar-refractivity contribution in [1.29, 1.82) is 0 Å². The highest BCUT2D eigenvalue weighted by atomic mass is 16.5. The first-order valence-electron chi connectivity index (χ1n) is 5.48. The number of carbonyl (C=O) groups excluding carboxylic acids is 1. The number of ether oxygens (including phenoxy) is 1. The third-order valence-corrected chi connectivity index (χ3v) is 2.42. The minimum absolute atomic E-state index is 0.174. The van der Waals surface area contributed by atoms with Crippen LogP contribution in [0.3, 0.4) is 0 Å². The topological polar surface area (TPSA) is 52.3 Å². The first-order chi connectivity index (χ1) is 8.70. The Balaban J connectivity index is 2.24. The maximum Gasteiger partial charge on any atom is 0.360 e. The summed E-state index contributed by atoms with van der Waals surface area (Å²) < 4.78 is 9.81. The van der Waals surface area contributed by atoms with Gasteiger partial charge in [0.2, 0.25) is 5.89 Å². The Hall–Kier alpha value is -2.36. The van der Waals surface area contributed by atoms with Gasteiger partial charge in [-0.3, -0.25) is 0 Å². The number of esters is 1. The number of allylic oxidation sites excluding steroid dienone is 1. The fraction of sp³-hybridized carbons (Fsp3) is 0.143. The molecule has 2 aromatic rings. The van der Waals surface area contributed by atoms with Gasteiger partial charge < -0.3 is 9.15 Å². The van der Waals surface area contributed by atoms with Crippen molar-refractivity contribution in [2.45, 2.75) is 6.92 Å². The van der Waals surface area contributed by atoms with Gasteiger partial charge in [0, 0.05) is 5.57 Å². The summed E-state index contributed by atoms with van der Waals surface area (Å²) in [4.78, 5) is 15.3. The number of aromatic nitrogens is 1. The Morgan fingerprint density at radius 1 is 1.33 bits per heavy atom. The number of carbonyl (C=O) groups is 1. The van der Waals surface area contributed by atoms with E-state index in [1.165, 1.54) is 13.4 Å². The lowest BCUT2D eigenvalue weighted by Gasteiger charge is -1.95. The molecule has 0 fully saturated rings. The summed E-state index contributed by atoms with van der Waals surface area (Å²) in [6.45, 7) is 1.87. The fourth-order valence-corrected chi connectivity index (χ4v) is 1.51. The lowest BCUT2D eigenvalue weighted by atomic mass is 10.1. The zero-order valence-corrected chi connectivity index (χ0v) is 10.2. The summed E-state index contributed by atoms with van der Waals surface area (Å²) in [6.07, 6.45) is 3.23. The van der Waals surface area contributed by atoms with E-state index in [4.69, 9.17) is 4.42 Å². The molecule has 4 nitrogen and oxygen atoms in total. The van der Waals surface area contributed by atoms with E-state index in [0.29, 0.717) is 5.89 Å². The molecule has 4 heteroatoms. The van der Waals surface area contributed by atoms with Crippen molar-refractivity contribution in [3.63, 3.8) is 0 Å². The SMILES string of the molecule is COC(=O)c1coc(/C(C)=C/c2ccccc2)n1. The molecule has 0 aliphatic carbocycles. The predicted molar refractivity (Wildman–Crippen MR) is 67.8 cm³/mol. The van der Waals surface area contributed by atoms with Crippen LogP contribution in [0.2, 0.25) is 0 Å². The van der Waals surface area contributed by atoms with Crippen LogP contribution in [0.5, 0.6) is 0 Å². The second-order valence-corrected chi connectivity index (χ2v) is 3.77. The van der Waals surface area contributed by atoms with E-state index in [1.807, 2.05) is 43.3 Å². The Labute approximate surface area is 105 Å². The second-order valence-electron chi connectivity index (χ2n) is 3.77. The minimum Gasteiger partial charge on any atom is -0.464 e. The van der Waals surface area contributed by atoms with E-state index in [-0.39, 0.29) is 5.69 Å². The molecular weight excluding hydrogens is 230 g/mol. The van der Waals surface area contributed by atoms with Gasteiger partial charge in [0.05, 0.1) is 7.11 Å². The van der Waals surface area contributed by atoms with E-state index >= 15 is 0 Å². The van der Waals surface area contributed by atoms with Crippen molar-refractivity contribution in [2.24, 2.45) is 0 Å². The van der Waals surface area contributed by atoms with Crippen molar-refractivity contribution >= 4 is 17.6 Å². The highest BCUT2D eigenvalue weighted by Gasteiger charge is 2.12. The van der Waals surface area contributed by atoms with Gasteiger partial charge >= 0.3 is 5.97 Å². The maximum absolute atomic E-state index is 11.2. The van der Waals surface area contributed by atoms with Crippen molar-refractivity contribution in [2.75, 3.05) is 7.11 Å². The predicted octanol–water partition coefficient (Wildman–Crippen LogP) is 3.02. The molecule has 0 bridgehead atoms. The molecular formula is C14H13NO3. The van der Waals surface area contributed by atoms with Crippen LogP contribution in [0.4, 0.5) is 0 Å². The van der Waals surface area contributed by atoms with Gasteiger partial charge in [-0.15, -0.1) is 0 Å². The highest BCUT2D eigenvalue weighted by molar-refractivity contribution is 5.87. The minimum atomic E-state index is -0.502. The summed E-state index contributed by atoms with van der Waals surface area (Å²) in [6, 6.07) is 9.82. The fourth-order valence-electron chi connectivity index (χ4n) is 1.51. The van der Waals surface area contributed by atoms with Crippen LogP contribution in [0.1, 0.15) is 28.9 Å². The van der Waals surface area contributed by atoms with Gasteiger partial charge in [0.15, 0.2) is 5.69 Å². The monoisotopic (exact) mass is 243 g/mol. The van der Waals surface area contributed by atoms with Gasteiger partial charge in [-0.05, 0) is 18.6 Å². The highest BCUT2D eigenvalue weighted by Crippen LogP contribution is 2.17. The number of hydrogen-bond acceptors (Lipinski definition) is 4. The van der Waals surface area contributed by atoms with E-state index < -0.39 is 5.97 Å². The van der Waals surface area contributed by atoms with Crippen LogP contribution >= 0.6 is 0 Å². The third-order valence-electron chi connectivity index (χ3n) is 2.42. The number of rotatable bonds is 3. The number of oxazole rings is 1. The van der Waals surface area contributed by atoms with E-state index in [1.54, 1.807) is 0 Å². The Bertz CT molecular complexity index is 570. The largest absolute Gasteiger partial charge is 0.464 e. The number of benzene rings is 1. The number of nitrogens with zero attached hydrogens (tertiary/aromatic N) is 1. The first kappa shape index (κ1) is 12.1. The normalized spacial score (nSPS) is 11.3. The van der Waals surface area contributed by atoms with Crippen molar-refractivity contribution < 1.29 is 13.9 Å². The average molecular weight is 243 g/mol. The second kappa shape index (κ2) is 5.31. The van der Waals surface area contributed by atoms with Crippen LogP contribution in [0.25, 0.3) is 11.6 Å². The van der Waals surface area contributed by atoms with Crippen LogP contribution in [-0.4, -0.2) is 18.1 Å². The van der Waals surface area contributed by atoms with Gasteiger partial charge in [0.1, 0.15) is 6.26 Å². The molecule has 1 aromatic carbocycles. The van der Waals surface area contributed by atoms with E-state index in [2.05, 4.69) is 9.72 Å². The zero-order valence-electron chi connectivity index (χ0n) is 10.2. The Kier molecular flexibility index (Phi) is 3.57. The Morgan fingerprint density at radius 3 is 2.72 bits per heavy atom. The van der Waals surface area contributed by atoms with E-state index in [9.17, 15) is 4.79 Å². The van der Waals surface area contributed by atoms with Gasteiger partial charge in [0.25, 0.3) is 0 Å². The molecule has 0 aliphatic rings. The van der Waals surface area contributed by atoms with Crippen LogP contribution < -0.4 is 0 Å². The summed E-state index contributed by atoms with van der Waals surface area (Å²) in [5.41, 5.74) is 2.07.